The Labute approximate surface area is 305 Å². The third-order valence-electron chi connectivity index (χ3n) is 11.7. The summed E-state index contributed by atoms with van der Waals surface area (Å²) in [7, 11) is -2.01. The molecule has 0 spiro atoms. The molecule has 2 aliphatic carbocycles. The van der Waals surface area contributed by atoms with Gasteiger partial charge in [-0.3, -0.25) is 19.2 Å². The van der Waals surface area contributed by atoms with Gasteiger partial charge in [0.1, 0.15) is 12.1 Å². The van der Waals surface area contributed by atoms with E-state index >= 15 is 0 Å². The molecule has 2 saturated carbocycles. The number of hydrogen-bond acceptors (Lipinski definition) is 7. The molecule has 3 rings (SSSR count). The highest BCUT2D eigenvalue weighted by Crippen LogP contribution is 2.65. The number of piperidine rings is 1. The van der Waals surface area contributed by atoms with Crippen molar-refractivity contribution in [1.82, 2.24) is 30.5 Å². The first-order valence-electron chi connectivity index (χ1n) is 18.7. The van der Waals surface area contributed by atoms with Crippen LogP contribution in [0.5, 0.6) is 0 Å². The van der Waals surface area contributed by atoms with Crippen LogP contribution in [-0.4, -0.2) is 104 Å². The highest BCUT2D eigenvalue weighted by Gasteiger charge is 2.70. The number of urea groups is 1. The Morgan fingerprint density at radius 1 is 1.00 bits per heavy atom. The number of nitrogens with zero attached hydrogens (tertiary/aromatic N) is 2. The van der Waals surface area contributed by atoms with Crippen LogP contribution in [0, 0.1) is 28.1 Å². The van der Waals surface area contributed by atoms with Crippen molar-refractivity contribution in [3.05, 3.63) is 12.7 Å². The zero-order valence-corrected chi connectivity index (χ0v) is 33.2. The second-order valence-electron chi connectivity index (χ2n) is 16.8. The molecule has 13 nitrogen and oxygen atoms in total. The van der Waals surface area contributed by atoms with Gasteiger partial charge in [0.2, 0.25) is 27.6 Å². The van der Waals surface area contributed by atoms with Gasteiger partial charge in [0.25, 0.3) is 5.91 Å². The summed E-state index contributed by atoms with van der Waals surface area (Å²) in [6.07, 6.45) is 7.36. The van der Waals surface area contributed by atoms with E-state index in [1.807, 2.05) is 34.6 Å². The quantitative estimate of drug-likeness (QED) is 0.131. The Morgan fingerprint density at radius 2 is 1.63 bits per heavy atom. The van der Waals surface area contributed by atoms with Gasteiger partial charge >= 0.3 is 6.03 Å². The molecule has 0 aromatic heterocycles. The molecule has 1 saturated heterocycles. The van der Waals surface area contributed by atoms with Gasteiger partial charge < -0.3 is 26.2 Å². The molecule has 3 aliphatic rings. The lowest BCUT2D eigenvalue weighted by molar-refractivity contribution is -0.146. The third-order valence-corrected chi connectivity index (χ3v) is 13.5. The summed E-state index contributed by atoms with van der Waals surface area (Å²) in [5, 5.41) is 11.3. The van der Waals surface area contributed by atoms with Gasteiger partial charge in [0.15, 0.2) is 0 Å². The van der Waals surface area contributed by atoms with Crippen LogP contribution in [-0.2, 0) is 29.2 Å². The maximum Gasteiger partial charge on any atom is 0.315 e. The lowest BCUT2D eigenvalue weighted by Crippen LogP contribution is -2.63. The Kier molecular flexibility index (Phi) is 13.9. The van der Waals surface area contributed by atoms with E-state index in [1.54, 1.807) is 11.8 Å². The number of unbranched alkanes of at least 4 members (excludes halogenated alkanes) is 1. The Morgan fingerprint density at radius 3 is 2.18 bits per heavy atom. The van der Waals surface area contributed by atoms with Crippen molar-refractivity contribution in [2.24, 2.45) is 28.1 Å². The molecule has 5 amide bonds. The van der Waals surface area contributed by atoms with Crippen molar-refractivity contribution < 1.29 is 32.4 Å². The van der Waals surface area contributed by atoms with Gasteiger partial charge in [-0.2, -0.15) is 0 Å². The minimum Gasteiger partial charge on any atom is -0.346 e. The van der Waals surface area contributed by atoms with Crippen molar-refractivity contribution in [2.75, 3.05) is 32.4 Å². The first-order chi connectivity index (χ1) is 23.7. The predicted octanol–water partition coefficient (Wildman–Crippen LogP) is 3.35. The first-order valence-corrected chi connectivity index (χ1v) is 20.3. The van der Waals surface area contributed by atoms with Crippen LogP contribution in [0.25, 0.3) is 0 Å². The van der Waals surface area contributed by atoms with Crippen molar-refractivity contribution in [3.63, 3.8) is 0 Å². The number of nitrogens with one attached hydrogen (secondary N) is 4. The van der Waals surface area contributed by atoms with E-state index in [2.05, 4.69) is 41.7 Å². The van der Waals surface area contributed by atoms with E-state index in [0.717, 1.165) is 25.7 Å². The molecule has 6 atom stereocenters. The summed E-state index contributed by atoms with van der Waals surface area (Å²) in [4.78, 5) is 70.2. The third kappa shape index (κ3) is 9.91. The van der Waals surface area contributed by atoms with E-state index < -0.39 is 68.6 Å². The van der Waals surface area contributed by atoms with Gasteiger partial charge in [-0.1, -0.05) is 86.6 Å². The van der Waals surface area contributed by atoms with Crippen LogP contribution in [0.15, 0.2) is 12.7 Å². The summed E-state index contributed by atoms with van der Waals surface area (Å²) in [6, 6.07) is -4.02. The minimum atomic E-state index is -3.50. The molecule has 1 aliphatic heterocycles. The highest BCUT2D eigenvalue weighted by atomic mass is 32.2. The normalized spacial score (nSPS) is 24.0. The molecule has 14 heteroatoms. The summed E-state index contributed by atoms with van der Waals surface area (Å²) >= 11 is 0. The standard InChI is InChI=1S/C37H64N6O7S/c1-11-14-18-25(29(44)32(46)38-21-12-2)39-31(45)28-27-24(36(27,7)8)22-43(28)33(47)30(37(9)19-16-15-17-20-37)41-34(48)40-26(35(4,5)6)23-42(10)51(49,50)13-3/h12,24-28,30H,2,11,13-23H2,1,3-10H3,(H,38,46)(H,39,45)(H2,40,41,48)/t24-,25?,26+,27-,28-,30+/m0/s1. The number of amides is 5. The molecular formula is C37H64N6O7S. The number of rotatable bonds is 17. The average molecular weight is 737 g/mol. The second kappa shape index (κ2) is 16.8. The molecular weight excluding hydrogens is 673 g/mol. The number of hydrogen-bond donors (Lipinski definition) is 4. The smallest absolute Gasteiger partial charge is 0.315 e. The Bertz CT molecular complexity index is 1420. The van der Waals surface area contributed by atoms with Crippen LogP contribution in [0.1, 0.15) is 107 Å². The molecule has 1 unspecified atom stereocenters. The number of carbonyl (C=O) groups is 5. The molecule has 4 N–H and O–H groups in total. The molecule has 0 bridgehead atoms. The van der Waals surface area contributed by atoms with Crippen LogP contribution in [0.2, 0.25) is 0 Å². The summed E-state index contributed by atoms with van der Waals surface area (Å²) in [6.45, 7) is 19.5. The molecule has 1 heterocycles. The largest absolute Gasteiger partial charge is 0.346 e. The summed E-state index contributed by atoms with van der Waals surface area (Å²) in [5.41, 5.74) is -1.30. The number of Topliss-reactive ketones (excluding diaryl/α,β-unsaturated/α-hetero) is 1. The van der Waals surface area contributed by atoms with Crippen LogP contribution >= 0.6 is 0 Å². The summed E-state index contributed by atoms with van der Waals surface area (Å²) < 4.78 is 26.4. The van der Waals surface area contributed by atoms with Crippen molar-refractivity contribution >= 4 is 39.6 Å². The minimum absolute atomic E-state index is 0.0549. The van der Waals surface area contributed by atoms with Gasteiger partial charge in [-0.15, -0.1) is 6.58 Å². The SMILES string of the molecule is C=CCNC(=O)C(=O)C(CCCC)NC(=O)[C@@H]1[C@@H]2[C@H](CN1C(=O)[C@@H](NC(=O)N[C@H](CN(C)S(=O)(=O)CC)C(C)(C)C)C1(C)CCCCC1)C2(C)C. The molecule has 51 heavy (non-hydrogen) atoms. The fourth-order valence-corrected chi connectivity index (χ4v) is 8.78. The van der Waals surface area contributed by atoms with E-state index in [-0.39, 0.29) is 48.4 Å². The Hall–Kier alpha value is -3.00. The zero-order chi connectivity index (χ0) is 38.5. The number of sulfonamides is 1. The van der Waals surface area contributed by atoms with E-state index in [9.17, 15) is 32.4 Å². The van der Waals surface area contributed by atoms with Gasteiger partial charge in [0, 0.05) is 32.7 Å². The molecule has 0 radical (unpaired) electrons. The number of likely N-dealkylation sites (tertiary alicyclic amines) is 1. The number of likely N-dealkylation sites (N-methyl/N-ethyl adjacent to an activating group) is 1. The first kappa shape index (κ1) is 42.4. The average Bonchev–Trinajstić information content (AvgIpc) is 3.37. The predicted molar refractivity (Wildman–Crippen MR) is 198 cm³/mol. The van der Waals surface area contributed by atoms with Crippen LogP contribution in [0.4, 0.5) is 4.79 Å². The molecule has 3 fully saturated rings. The maximum atomic E-state index is 14.8. The number of ketones is 1. The maximum absolute atomic E-state index is 14.8. The van der Waals surface area contributed by atoms with Crippen molar-refractivity contribution in [2.45, 2.75) is 131 Å². The summed E-state index contributed by atoms with van der Waals surface area (Å²) in [5.74, 6) is -2.51. The number of carbonyl (C=O) groups excluding carboxylic acids is 5. The van der Waals surface area contributed by atoms with E-state index in [0.29, 0.717) is 25.8 Å². The van der Waals surface area contributed by atoms with Gasteiger partial charge in [0.05, 0.1) is 11.8 Å². The Balaban J connectivity index is 1.92. The van der Waals surface area contributed by atoms with Gasteiger partial charge in [-0.25, -0.2) is 17.5 Å². The van der Waals surface area contributed by atoms with E-state index in [4.69, 9.17) is 0 Å². The van der Waals surface area contributed by atoms with Crippen molar-refractivity contribution in [1.29, 1.82) is 0 Å². The molecule has 0 aromatic carbocycles. The van der Waals surface area contributed by atoms with Crippen molar-refractivity contribution in [3.8, 4) is 0 Å². The highest BCUT2D eigenvalue weighted by molar-refractivity contribution is 7.89. The van der Waals surface area contributed by atoms with Gasteiger partial charge in [-0.05, 0) is 54.3 Å². The topological polar surface area (TPSA) is 174 Å². The van der Waals surface area contributed by atoms with Crippen LogP contribution < -0.4 is 21.3 Å². The molecule has 0 aromatic rings. The molecule has 290 valence electrons. The lowest BCUT2D eigenvalue weighted by Gasteiger charge is -2.43. The van der Waals surface area contributed by atoms with Crippen LogP contribution in [0.3, 0.4) is 0 Å². The fraction of sp³-hybridized carbons (Fsp3) is 0.811. The lowest BCUT2D eigenvalue weighted by atomic mass is 9.70. The fourth-order valence-electron chi connectivity index (χ4n) is 7.96. The monoisotopic (exact) mass is 736 g/mol. The number of fused-ring (bicyclic) bond motifs is 1. The zero-order valence-electron chi connectivity index (χ0n) is 32.4. The van der Waals surface area contributed by atoms with E-state index in [1.165, 1.54) is 17.4 Å². The second-order valence-corrected chi connectivity index (χ2v) is 19.2.